The Balaban J connectivity index is 0.586. The Morgan fingerprint density at radius 2 is 1.45 bits per heavy atom. The summed E-state index contributed by atoms with van der Waals surface area (Å²) in [5, 5.41) is 14.5. The molecule has 0 spiro atoms. The summed E-state index contributed by atoms with van der Waals surface area (Å²) in [6.45, 7) is 8.20. The number of nitrogens with one attached hydrogen (secondary N) is 4. The maximum absolute atomic E-state index is 14.5. The number of anilines is 2. The molecular weight excluding hydrogens is 1160 g/mol. The first-order valence-corrected chi connectivity index (χ1v) is 31.8. The van der Waals surface area contributed by atoms with Crippen molar-refractivity contribution in [3.8, 4) is 17.0 Å². The summed E-state index contributed by atoms with van der Waals surface area (Å²) >= 11 is 2.64. The van der Waals surface area contributed by atoms with Crippen LogP contribution in [0.5, 0.6) is 5.75 Å². The van der Waals surface area contributed by atoms with Gasteiger partial charge in [-0.2, -0.15) is 13.2 Å². The number of pyridine rings is 1. The summed E-state index contributed by atoms with van der Waals surface area (Å²) in [6.07, 6.45) is 3.67. The van der Waals surface area contributed by atoms with Crippen molar-refractivity contribution in [2.24, 2.45) is 11.8 Å². The summed E-state index contributed by atoms with van der Waals surface area (Å²) in [4.78, 5) is 87.2. The Morgan fingerprint density at radius 1 is 0.724 bits per heavy atom. The number of thiazole rings is 2. The minimum absolute atomic E-state index is 0.0315. The lowest BCUT2D eigenvalue weighted by atomic mass is 9.83. The van der Waals surface area contributed by atoms with Gasteiger partial charge in [0.1, 0.15) is 39.4 Å². The van der Waals surface area contributed by atoms with Crippen molar-refractivity contribution in [2.45, 2.75) is 95.6 Å². The predicted octanol–water partition coefficient (Wildman–Crippen LogP) is 9.25. The number of hydrogen-bond donors (Lipinski definition) is 4. The van der Waals surface area contributed by atoms with Gasteiger partial charge in [0.25, 0.3) is 5.91 Å². The highest BCUT2D eigenvalue weighted by atomic mass is 32.1. The van der Waals surface area contributed by atoms with Crippen molar-refractivity contribution < 1.29 is 56.1 Å². The minimum atomic E-state index is -4.64. The molecule has 5 heterocycles. The van der Waals surface area contributed by atoms with Gasteiger partial charge in [0, 0.05) is 79.5 Å². The Kier molecular flexibility index (Phi) is 21.8. The molecule has 6 aromatic rings. The van der Waals surface area contributed by atoms with Crippen LogP contribution in [0.2, 0.25) is 0 Å². The fourth-order valence-electron chi connectivity index (χ4n) is 11.2. The van der Waals surface area contributed by atoms with E-state index in [4.69, 9.17) is 28.9 Å². The van der Waals surface area contributed by atoms with E-state index >= 15 is 0 Å². The van der Waals surface area contributed by atoms with Gasteiger partial charge in [-0.25, -0.2) is 15.0 Å². The molecule has 87 heavy (non-hydrogen) atoms. The van der Waals surface area contributed by atoms with Gasteiger partial charge < -0.3 is 45.1 Å². The Labute approximate surface area is 512 Å². The molecule has 3 aromatic carbocycles. The van der Waals surface area contributed by atoms with Gasteiger partial charge in [0.15, 0.2) is 5.13 Å². The number of fused-ring (bicyclic) bond motifs is 1. The van der Waals surface area contributed by atoms with E-state index in [0.29, 0.717) is 128 Å². The molecule has 2 saturated heterocycles. The summed E-state index contributed by atoms with van der Waals surface area (Å²) in [5.74, 6) is -0.479. The number of nitrogens with zero attached hydrogens (tertiary/aromatic N) is 6. The first-order chi connectivity index (χ1) is 42.2. The van der Waals surface area contributed by atoms with E-state index in [1.807, 2.05) is 9.80 Å². The fourth-order valence-corrected chi connectivity index (χ4v) is 13.0. The molecule has 19 nitrogen and oxygen atoms in total. The Bertz CT molecular complexity index is 3350. The largest absolute Gasteiger partial charge is 0.491 e. The Hall–Kier alpha value is -6.77. The number of ketones is 1. The lowest BCUT2D eigenvalue weighted by molar-refractivity contribution is -0.139. The molecular formula is C63H75F3N10O9S2. The molecule has 0 bridgehead atoms. The Morgan fingerprint density at radius 3 is 2.20 bits per heavy atom. The molecule has 0 radical (unpaired) electrons. The predicted molar refractivity (Wildman–Crippen MR) is 326 cm³/mol. The van der Waals surface area contributed by atoms with Gasteiger partial charge in [-0.15, -0.1) is 11.3 Å². The number of piperazine rings is 1. The van der Waals surface area contributed by atoms with Gasteiger partial charge in [-0.3, -0.25) is 33.8 Å². The molecule has 24 heteroatoms. The number of halogens is 3. The zero-order valence-electron chi connectivity index (χ0n) is 49.0. The lowest BCUT2D eigenvalue weighted by Crippen LogP contribution is -2.55. The third-order valence-corrected chi connectivity index (χ3v) is 18.2. The van der Waals surface area contributed by atoms with Crippen LogP contribution in [0.15, 0.2) is 84.2 Å². The van der Waals surface area contributed by atoms with Crippen LogP contribution in [-0.4, -0.2) is 164 Å². The molecule has 4 fully saturated rings. The smallest absolute Gasteiger partial charge is 0.416 e. The summed E-state index contributed by atoms with van der Waals surface area (Å²) in [6, 6.07) is 19.9. The van der Waals surface area contributed by atoms with Crippen LogP contribution >= 0.6 is 22.7 Å². The number of alkyl halides is 3. The molecule has 4 amide bonds. The fraction of sp³-hybridized carbons (Fsp3) is 0.492. The molecule has 2 aliphatic carbocycles. The second kappa shape index (κ2) is 30.0. The zero-order chi connectivity index (χ0) is 60.9. The summed E-state index contributed by atoms with van der Waals surface area (Å²) in [7, 11) is 1.73. The number of likely N-dealkylation sites (tertiary alicyclic amines) is 1. The van der Waals surface area contributed by atoms with Crippen molar-refractivity contribution in [1.82, 2.24) is 40.3 Å². The third kappa shape index (κ3) is 17.1. The number of amides is 4. The second-order valence-electron chi connectivity index (χ2n) is 22.5. The van der Waals surface area contributed by atoms with Gasteiger partial charge in [-0.05, 0) is 113 Å². The number of hydrogen-bond acceptors (Lipinski definition) is 17. The number of rotatable bonds is 28. The number of likely N-dealkylation sites (N-methyl/N-ethyl adjacent to an activating group) is 1. The van der Waals surface area contributed by atoms with E-state index in [1.165, 1.54) is 34.8 Å². The summed E-state index contributed by atoms with van der Waals surface area (Å²) < 4.78 is 66.6. The molecule has 0 unspecified atom stereocenters. The van der Waals surface area contributed by atoms with E-state index < -0.39 is 29.7 Å². The molecule has 2 saturated carbocycles. The quantitative estimate of drug-likeness (QED) is 0.0266. The van der Waals surface area contributed by atoms with Crippen LogP contribution in [-0.2, 0) is 41.3 Å². The third-order valence-electron chi connectivity index (χ3n) is 16.4. The van der Waals surface area contributed by atoms with Crippen LogP contribution in [0.25, 0.3) is 21.6 Å². The van der Waals surface area contributed by atoms with E-state index in [1.54, 1.807) is 80.0 Å². The van der Waals surface area contributed by atoms with Crippen LogP contribution in [0.3, 0.4) is 0 Å². The second-order valence-corrected chi connectivity index (χ2v) is 24.4. The van der Waals surface area contributed by atoms with Gasteiger partial charge >= 0.3 is 6.18 Å². The summed E-state index contributed by atoms with van der Waals surface area (Å²) in [5.41, 5.74) is 2.20. The normalized spacial score (nSPS) is 17.7. The number of carbonyl (C=O) groups is 5. The van der Waals surface area contributed by atoms with Crippen molar-refractivity contribution in [3.05, 3.63) is 117 Å². The molecule has 3 atom stereocenters. The molecule has 10 rings (SSSR count). The highest BCUT2D eigenvalue weighted by molar-refractivity contribution is 7.22. The first-order valence-electron chi connectivity index (χ1n) is 30.1. The van der Waals surface area contributed by atoms with E-state index in [2.05, 4.69) is 31.2 Å². The average Bonchev–Trinajstić information content (AvgIpc) is 3.12. The van der Waals surface area contributed by atoms with Gasteiger partial charge in [0.2, 0.25) is 23.5 Å². The monoisotopic (exact) mass is 1240 g/mol. The van der Waals surface area contributed by atoms with E-state index in [0.717, 1.165) is 63.9 Å². The molecule has 3 aromatic heterocycles. The van der Waals surface area contributed by atoms with Crippen molar-refractivity contribution in [3.63, 3.8) is 0 Å². The lowest BCUT2D eigenvalue weighted by Gasteiger charge is -2.35. The van der Waals surface area contributed by atoms with Crippen LogP contribution in [0.1, 0.15) is 113 Å². The highest BCUT2D eigenvalue weighted by Gasteiger charge is 2.41. The number of carbonyl (C=O) groups excluding carboxylic acids is 5. The van der Waals surface area contributed by atoms with E-state index in [9.17, 15) is 37.1 Å². The van der Waals surface area contributed by atoms with Crippen molar-refractivity contribution in [2.75, 3.05) is 103 Å². The topological polar surface area (TPSA) is 219 Å². The van der Waals surface area contributed by atoms with Crippen LogP contribution < -0.4 is 26.0 Å². The van der Waals surface area contributed by atoms with Crippen LogP contribution in [0, 0.1) is 11.8 Å². The van der Waals surface area contributed by atoms with Gasteiger partial charge in [0.05, 0.1) is 63.0 Å². The maximum Gasteiger partial charge on any atom is 0.416 e. The van der Waals surface area contributed by atoms with E-state index in [-0.39, 0.29) is 71.3 Å². The molecule has 464 valence electrons. The maximum atomic E-state index is 14.5. The highest BCUT2D eigenvalue weighted by Crippen LogP contribution is 2.39. The van der Waals surface area contributed by atoms with Gasteiger partial charge in [-0.1, -0.05) is 60.9 Å². The minimum Gasteiger partial charge on any atom is -0.491 e. The van der Waals surface area contributed by atoms with Crippen molar-refractivity contribution >= 4 is 73.3 Å². The first kappa shape index (κ1) is 63.3. The number of ether oxygens (including phenoxy) is 4. The standard InChI is InChI=1S/C63H75F3N10O9S2/c1-40(67-2)56(78)72-54(41-9-4-3-5-10-41)61(81)76-22-8-15-53(76)60-70-52(39-86-60)55(77)44-12-7-14-48(36-44)85-34-33-84-32-31-83-30-29-82-28-27-74-23-25-75(26-24-74)38-46-18-19-47(37-49(46)63(64,65)66)68-58(80)45-13-6-11-43(35-45)50-20-21-51-59(69-50)87-62(71-51)73-57(79)42-16-17-42/h6-7,11-14,18-21,35-37,39-42,53-54,67H,3-5,8-10,15-17,22-34,38H2,1-2H3,(H,68,80)(H,72,78)(H,71,73,79)/t40-,53-,54-/m0/s1. The number of benzene rings is 3. The molecule has 4 aliphatic rings. The molecule has 4 N–H and O–H groups in total. The van der Waals surface area contributed by atoms with Crippen molar-refractivity contribution in [1.29, 1.82) is 0 Å². The van der Waals surface area contributed by atoms with Crippen LogP contribution in [0.4, 0.5) is 24.0 Å². The SMILES string of the molecule is CN[C@@H](C)C(=O)N[C@H](C(=O)N1CCC[C@H]1c1nc(C(=O)c2cccc(OCCOCCOCCOCCN3CCN(Cc4ccc(NC(=O)c5cccc(-c6ccc7nc(NC(=O)C8CC8)sc7n6)c5)cc4C(F)(F)F)CC3)c2)cs1)C1CCCCC1. The number of aromatic nitrogens is 3. The zero-order valence-corrected chi connectivity index (χ0v) is 50.7. The average molecular weight is 1240 g/mol. The molecule has 2 aliphatic heterocycles.